The van der Waals surface area contributed by atoms with Crippen molar-refractivity contribution in [1.82, 2.24) is 20.4 Å². The highest BCUT2D eigenvalue weighted by Gasteiger charge is 2.46. The third-order valence-corrected chi connectivity index (χ3v) is 8.44. The number of carbonyl (C=O) groups is 1. The van der Waals surface area contributed by atoms with Crippen LogP contribution >= 0.6 is 11.3 Å². The zero-order chi connectivity index (χ0) is 28.1. The monoisotopic (exact) mass is 569 g/mol. The number of nitrogens with zero attached hydrogens (tertiary/aromatic N) is 3. The molecule has 2 fully saturated rings. The molecule has 4 unspecified atom stereocenters. The molecule has 39 heavy (non-hydrogen) atoms. The van der Waals surface area contributed by atoms with Crippen molar-refractivity contribution in [3.63, 3.8) is 0 Å². The van der Waals surface area contributed by atoms with Gasteiger partial charge in [-0.15, -0.1) is 11.3 Å². The molecule has 1 aromatic carbocycles. The lowest BCUT2D eigenvalue weighted by Crippen LogP contribution is -2.53. The lowest BCUT2D eigenvalue weighted by Gasteiger charge is -2.39. The fraction of sp³-hybridized carbons (Fsp3) is 0.577. The van der Waals surface area contributed by atoms with E-state index in [-0.39, 0.29) is 40.8 Å². The Morgan fingerprint density at radius 1 is 1.26 bits per heavy atom. The highest BCUT2D eigenvalue weighted by atomic mass is 32.1. The number of halogens is 4. The molecule has 0 radical (unpaired) electrons. The molecule has 8 nitrogen and oxygen atoms in total. The number of carbonyl (C=O) groups excluding carboxylic acids is 1. The molecular weight excluding hydrogens is 538 g/mol. The third-order valence-electron chi connectivity index (χ3n) is 7.16. The Morgan fingerprint density at radius 3 is 2.74 bits per heavy atom. The van der Waals surface area contributed by atoms with Crippen LogP contribution in [0.5, 0.6) is 0 Å². The lowest BCUT2D eigenvalue weighted by molar-refractivity contribution is -0.126. The van der Waals surface area contributed by atoms with E-state index in [1.807, 2.05) is 7.05 Å². The second-order valence-corrected chi connectivity index (χ2v) is 12.2. The number of hydrogen-bond acceptors (Lipinski definition) is 8. The molecule has 5 rings (SSSR count). The first-order valence-electron chi connectivity index (χ1n) is 12.8. The van der Waals surface area contributed by atoms with Crippen LogP contribution in [-0.2, 0) is 17.7 Å². The number of amides is 1. The average molecular weight is 570 g/mol. The minimum atomic E-state index is -4.48. The molecule has 0 spiro atoms. The number of fused-ring (bicyclic) bond motifs is 3. The van der Waals surface area contributed by atoms with Crippen LogP contribution in [0.15, 0.2) is 22.7 Å². The van der Waals surface area contributed by atoms with E-state index < -0.39 is 36.5 Å². The second kappa shape index (κ2) is 10.2. The minimum absolute atomic E-state index is 0.0110. The summed E-state index contributed by atoms with van der Waals surface area (Å²) in [5.74, 6) is 0.00906. The first-order valence-corrected chi connectivity index (χ1v) is 13.6. The first-order chi connectivity index (χ1) is 18.3. The highest BCUT2D eigenvalue weighted by molar-refractivity contribution is 7.23. The molecular formula is C26H31F4N5O3S. The Morgan fingerprint density at radius 2 is 2.03 bits per heavy atom. The fourth-order valence-electron chi connectivity index (χ4n) is 5.46. The van der Waals surface area contributed by atoms with Crippen molar-refractivity contribution in [3.8, 4) is 10.7 Å². The largest absolute Gasteiger partial charge is 0.444 e. The predicted molar refractivity (Wildman–Crippen MR) is 139 cm³/mol. The van der Waals surface area contributed by atoms with Gasteiger partial charge >= 0.3 is 12.3 Å². The van der Waals surface area contributed by atoms with E-state index in [1.165, 1.54) is 0 Å². The zero-order valence-electron chi connectivity index (χ0n) is 22.1. The van der Waals surface area contributed by atoms with Gasteiger partial charge in [-0.2, -0.15) is 18.2 Å². The number of nitrogens with one attached hydrogen (secondary N) is 2. The molecule has 2 saturated heterocycles. The van der Waals surface area contributed by atoms with Crippen LogP contribution in [0.25, 0.3) is 20.8 Å². The first kappa shape index (κ1) is 27.6. The predicted octanol–water partition coefficient (Wildman–Crippen LogP) is 6.07. The van der Waals surface area contributed by atoms with E-state index in [9.17, 15) is 18.0 Å². The zero-order valence-corrected chi connectivity index (χ0v) is 22.9. The quantitative estimate of drug-likeness (QED) is 0.349. The summed E-state index contributed by atoms with van der Waals surface area (Å²) in [6, 6.07) is 4.75. The van der Waals surface area contributed by atoms with Crippen LogP contribution in [0.4, 0.5) is 28.0 Å². The van der Waals surface area contributed by atoms with Crippen LogP contribution in [0.1, 0.15) is 51.5 Å². The van der Waals surface area contributed by atoms with Crippen molar-refractivity contribution in [2.75, 3.05) is 12.4 Å². The van der Waals surface area contributed by atoms with Gasteiger partial charge in [0.25, 0.3) is 0 Å². The third kappa shape index (κ3) is 5.98. The van der Waals surface area contributed by atoms with Gasteiger partial charge in [-0.3, -0.25) is 4.90 Å². The van der Waals surface area contributed by atoms with Gasteiger partial charge in [0.1, 0.15) is 18.3 Å². The van der Waals surface area contributed by atoms with Gasteiger partial charge in [-0.05, 0) is 64.1 Å². The maximum atomic E-state index is 15.3. The molecule has 2 N–H and O–H groups in total. The van der Waals surface area contributed by atoms with Gasteiger partial charge in [0.2, 0.25) is 11.7 Å². The summed E-state index contributed by atoms with van der Waals surface area (Å²) < 4.78 is 67.3. The van der Waals surface area contributed by atoms with Crippen molar-refractivity contribution < 1.29 is 31.6 Å². The Bertz CT molecular complexity index is 1350. The summed E-state index contributed by atoms with van der Waals surface area (Å²) in [5, 5.41) is 10.1. The molecule has 212 valence electrons. The number of thiophene rings is 1. The molecule has 2 aliphatic heterocycles. The fourth-order valence-corrected chi connectivity index (χ4v) is 6.68. The minimum Gasteiger partial charge on any atom is -0.444 e. The Labute approximate surface area is 227 Å². The van der Waals surface area contributed by atoms with Crippen molar-refractivity contribution in [3.05, 3.63) is 29.7 Å². The molecule has 1 amide bonds. The highest BCUT2D eigenvalue weighted by Crippen LogP contribution is 2.44. The van der Waals surface area contributed by atoms with E-state index in [0.29, 0.717) is 22.2 Å². The van der Waals surface area contributed by atoms with E-state index in [4.69, 9.17) is 9.26 Å². The van der Waals surface area contributed by atoms with Crippen molar-refractivity contribution >= 4 is 33.2 Å². The number of benzene rings is 1. The summed E-state index contributed by atoms with van der Waals surface area (Å²) in [6.07, 6.45) is -5.08. The smallest absolute Gasteiger partial charge is 0.408 e. The number of alkyl halides is 4. The Balaban J connectivity index is 1.44. The lowest BCUT2D eigenvalue weighted by atomic mass is 9.95. The van der Waals surface area contributed by atoms with Crippen molar-refractivity contribution in [1.29, 1.82) is 0 Å². The van der Waals surface area contributed by atoms with Gasteiger partial charge in [0.15, 0.2) is 0 Å². The standard InChI is InChI=1S/C26H31F4N5O3S/c1-25(2,3)37-24(36)31-12-19-33-23(34-38-19)22-15(11-26(28,29)30)14-6-5-7-16(21(14)39-22)32-17-10-13-8-9-18(20(17)27)35(13)4/h5-7,13,17-18,20,32H,8-12H2,1-4H3,(H,31,36). The van der Waals surface area contributed by atoms with Gasteiger partial charge in [0.05, 0.1) is 27.7 Å². The molecule has 2 bridgehead atoms. The summed E-state index contributed by atoms with van der Waals surface area (Å²) >= 11 is 1.11. The molecule has 4 atom stereocenters. The maximum absolute atomic E-state index is 15.3. The molecule has 0 aliphatic carbocycles. The number of hydrogen-bond donors (Lipinski definition) is 2. The van der Waals surface area contributed by atoms with Gasteiger partial charge in [-0.1, -0.05) is 17.3 Å². The van der Waals surface area contributed by atoms with Gasteiger partial charge < -0.3 is 19.9 Å². The molecule has 2 aliphatic rings. The molecule has 4 heterocycles. The average Bonchev–Trinajstić information content (AvgIpc) is 3.50. The molecule has 13 heteroatoms. The van der Waals surface area contributed by atoms with Crippen LogP contribution in [0.3, 0.4) is 0 Å². The normalized spacial score (nSPS) is 23.8. The second-order valence-electron chi connectivity index (χ2n) is 11.1. The Hall–Kier alpha value is -2.93. The molecule has 2 aromatic heterocycles. The van der Waals surface area contributed by atoms with E-state index in [2.05, 4.69) is 25.7 Å². The van der Waals surface area contributed by atoms with E-state index >= 15 is 4.39 Å². The number of ether oxygens (including phenoxy) is 1. The maximum Gasteiger partial charge on any atom is 0.408 e. The number of aromatic nitrogens is 2. The summed E-state index contributed by atoms with van der Waals surface area (Å²) in [5.41, 5.74) is -0.0905. The number of piperidine rings is 1. The van der Waals surface area contributed by atoms with Gasteiger partial charge in [-0.25, -0.2) is 9.18 Å². The number of anilines is 1. The number of alkyl carbamates (subject to hydrolysis) is 1. The van der Waals surface area contributed by atoms with Crippen LogP contribution < -0.4 is 10.6 Å². The van der Waals surface area contributed by atoms with E-state index in [1.54, 1.807) is 39.0 Å². The van der Waals surface area contributed by atoms with Crippen LogP contribution in [0.2, 0.25) is 0 Å². The van der Waals surface area contributed by atoms with Crippen molar-refractivity contribution in [2.24, 2.45) is 0 Å². The summed E-state index contributed by atoms with van der Waals surface area (Å²) in [6.45, 7) is 5.00. The topological polar surface area (TPSA) is 92.5 Å². The van der Waals surface area contributed by atoms with Gasteiger partial charge in [0, 0.05) is 12.1 Å². The summed E-state index contributed by atoms with van der Waals surface area (Å²) in [4.78, 5) is 18.5. The van der Waals surface area contributed by atoms with Crippen LogP contribution in [-0.4, -0.2) is 64.3 Å². The van der Waals surface area contributed by atoms with Crippen LogP contribution in [0, 0.1) is 0 Å². The summed E-state index contributed by atoms with van der Waals surface area (Å²) in [7, 11) is 1.95. The Kier molecular flexibility index (Phi) is 7.25. The SMILES string of the molecule is CN1C2CCC1C(F)C(Nc1cccc3c(CC(F)(F)F)c(-c4noc(CNC(=O)OC(C)(C)C)n4)sc13)C2. The van der Waals surface area contributed by atoms with Crippen molar-refractivity contribution in [2.45, 2.75) is 89.1 Å². The molecule has 0 saturated carbocycles. The molecule has 3 aromatic rings. The van der Waals surface area contributed by atoms with E-state index in [0.717, 1.165) is 24.2 Å². The number of rotatable bonds is 6.